The highest BCUT2D eigenvalue weighted by molar-refractivity contribution is 5.70. The molecule has 0 saturated heterocycles. The Morgan fingerprint density at radius 2 is 1.78 bits per heavy atom. The molecule has 0 saturated carbocycles. The quantitative estimate of drug-likeness (QED) is 0.721. The molecule has 0 aliphatic heterocycles. The van der Waals surface area contributed by atoms with E-state index in [4.69, 9.17) is 10.2 Å². The summed E-state index contributed by atoms with van der Waals surface area (Å²) in [5, 5.41) is 6.71. The molecule has 0 amide bonds. The number of nitrogens with one attached hydrogen (secondary N) is 1. The van der Waals surface area contributed by atoms with Gasteiger partial charge in [-0.2, -0.15) is 5.10 Å². The van der Waals surface area contributed by atoms with Crippen molar-refractivity contribution in [1.82, 2.24) is 10.2 Å². The molecule has 4 heteroatoms. The standard InChI is InChI=1S/C14H13N3O/c1-9-2-4-10(5-3-9)12-6-7-13(18-12)14-11(15)8-16-17-14/h2-8H,15H2,1H3,(H,16,17). The third-order valence-electron chi connectivity index (χ3n) is 2.86. The molecule has 0 radical (unpaired) electrons. The first kappa shape index (κ1) is 10.7. The maximum atomic E-state index is 5.79. The van der Waals surface area contributed by atoms with E-state index in [9.17, 15) is 0 Å². The van der Waals surface area contributed by atoms with Crippen LogP contribution in [0.15, 0.2) is 47.0 Å². The lowest BCUT2D eigenvalue weighted by Gasteiger charge is -1.98. The Balaban J connectivity index is 1.99. The van der Waals surface area contributed by atoms with Gasteiger partial charge in [0.05, 0.1) is 11.9 Å². The van der Waals surface area contributed by atoms with Crippen molar-refractivity contribution in [2.75, 3.05) is 5.73 Å². The number of rotatable bonds is 2. The summed E-state index contributed by atoms with van der Waals surface area (Å²) in [5.41, 5.74) is 9.36. The van der Waals surface area contributed by atoms with Crippen LogP contribution >= 0.6 is 0 Å². The number of nitrogens with two attached hydrogens (primary N) is 1. The zero-order valence-corrected chi connectivity index (χ0v) is 9.97. The second-order valence-electron chi connectivity index (χ2n) is 4.23. The van der Waals surface area contributed by atoms with Gasteiger partial charge in [0, 0.05) is 5.56 Å². The summed E-state index contributed by atoms with van der Waals surface area (Å²) >= 11 is 0. The summed E-state index contributed by atoms with van der Waals surface area (Å²) in [5.74, 6) is 1.51. The van der Waals surface area contributed by atoms with E-state index < -0.39 is 0 Å². The SMILES string of the molecule is Cc1ccc(-c2ccc(-c3[nH]ncc3N)o2)cc1. The zero-order chi connectivity index (χ0) is 12.5. The lowest BCUT2D eigenvalue weighted by molar-refractivity contribution is 0.595. The van der Waals surface area contributed by atoms with Crippen LogP contribution in [0.2, 0.25) is 0 Å². The fourth-order valence-electron chi connectivity index (χ4n) is 1.84. The third kappa shape index (κ3) is 1.78. The van der Waals surface area contributed by atoms with Crippen LogP contribution in [0.3, 0.4) is 0 Å². The molecule has 18 heavy (non-hydrogen) atoms. The number of hydrogen-bond donors (Lipinski definition) is 2. The fourth-order valence-corrected chi connectivity index (χ4v) is 1.84. The highest BCUT2D eigenvalue weighted by Gasteiger charge is 2.10. The van der Waals surface area contributed by atoms with Crippen molar-refractivity contribution in [2.45, 2.75) is 6.92 Å². The average Bonchev–Trinajstić information content (AvgIpc) is 2.98. The summed E-state index contributed by atoms with van der Waals surface area (Å²) in [7, 11) is 0. The van der Waals surface area contributed by atoms with E-state index in [1.54, 1.807) is 6.20 Å². The first-order chi connectivity index (χ1) is 8.74. The Kier molecular flexibility index (Phi) is 2.41. The third-order valence-corrected chi connectivity index (χ3v) is 2.86. The van der Waals surface area contributed by atoms with Crippen molar-refractivity contribution >= 4 is 5.69 Å². The van der Waals surface area contributed by atoms with Crippen LogP contribution in [0.4, 0.5) is 5.69 Å². The molecule has 3 aromatic rings. The number of H-pyrrole nitrogens is 1. The van der Waals surface area contributed by atoms with Crippen LogP contribution in [-0.2, 0) is 0 Å². The Morgan fingerprint density at radius 3 is 2.44 bits per heavy atom. The largest absolute Gasteiger partial charge is 0.454 e. The normalized spacial score (nSPS) is 10.7. The van der Waals surface area contributed by atoms with E-state index in [0.717, 1.165) is 11.3 Å². The number of anilines is 1. The highest BCUT2D eigenvalue weighted by Crippen LogP contribution is 2.29. The minimum absolute atomic E-state index is 0.583. The number of furan rings is 1. The summed E-state index contributed by atoms with van der Waals surface area (Å²) in [6, 6.07) is 12.0. The van der Waals surface area contributed by atoms with Crippen molar-refractivity contribution < 1.29 is 4.42 Å². The Hall–Kier alpha value is -2.49. The van der Waals surface area contributed by atoms with Crippen LogP contribution in [0.5, 0.6) is 0 Å². The van der Waals surface area contributed by atoms with E-state index in [0.29, 0.717) is 17.1 Å². The molecule has 0 spiro atoms. The summed E-state index contributed by atoms with van der Waals surface area (Å²) in [6.07, 6.45) is 1.57. The molecule has 0 fully saturated rings. The van der Waals surface area contributed by atoms with Gasteiger partial charge in [-0.15, -0.1) is 0 Å². The molecule has 3 rings (SSSR count). The molecule has 0 aliphatic carbocycles. The second-order valence-corrected chi connectivity index (χ2v) is 4.23. The molecule has 4 nitrogen and oxygen atoms in total. The van der Waals surface area contributed by atoms with Gasteiger partial charge in [-0.3, -0.25) is 5.10 Å². The van der Waals surface area contributed by atoms with Crippen LogP contribution in [-0.4, -0.2) is 10.2 Å². The molecule has 0 atom stereocenters. The first-order valence-electron chi connectivity index (χ1n) is 5.70. The van der Waals surface area contributed by atoms with Gasteiger partial charge in [0.25, 0.3) is 0 Å². The van der Waals surface area contributed by atoms with Crippen molar-refractivity contribution in [3.63, 3.8) is 0 Å². The van der Waals surface area contributed by atoms with E-state index in [1.165, 1.54) is 5.56 Å². The molecule has 0 bridgehead atoms. The second kappa shape index (κ2) is 4.07. The minimum atomic E-state index is 0.583. The number of nitrogens with zero attached hydrogens (tertiary/aromatic N) is 1. The monoisotopic (exact) mass is 239 g/mol. The number of aromatic nitrogens is 2. The minimum Gasteiger partial charge on any atom is -0.454 e. The molecule has 2 heterocycles. The van der Waals surface area contributed by atoms with Gasteiger partial charge in [-0.05, 0) is 19.1 Å². The molecular weight excluding hydrogens is 226 g/mol. The predicted octanol–water partition coefficient (Wildman–Crippen LogP) is 3.23. The lowest BCUT2D eigenvalue weighted by atomic mass is 10.1. The average molecular weight is 239 g/mol. The number of benzene rings is 1. The maximum absolute atomic E-state index is 5.79. The van der Waals surface area contributed by atoms with Gasteiger partial charge in [0.15, 0.2) is 5.76 Å². The maximum Gasteiger partial charge on any atom is 0.154 e. The number of nitrogen functional groups attached to an aromatic ring is 1. The van der Waals surface area contributed by atoms with E-state index in [-0.39, 0.29) is 0 Å². The van der Waals surface area contributed by atoms with Crippen molar-refractivity contribution in [3.8, 4) is 22.8 Å². The lowest BCUT2D eigenvalue weighted by Crippen LogP contribution is -1.84. The van der Waals surface area contributed by atoms with Crippen LogP contribution < -0.4 is 5.73 Å². The van der Waals surface area contributed by atoms with E-state index >= 15 is 0 Å². The molecule has 1 aromatic carbocycles. The number of hydrogen-bond acceptors (Lipinski definition) is 3. The fraction of sp³-hybridized carbons (Fsp3) is 0.0714. The Morgan fingerprint density at radius 1 is 1.06 bits per heavy atom. The van der Waals surface area contributed by atoms with Crippen molar-refractivity contribution in [1.29, 1.82) is 0 Å². The zero-order valence-electron chi connectivity index (χ0n) is 9.97. The van der Waals surface area contributed by atoms with Crippen LogP contribution in [0, 0.1) is 6.92 Å². The first-order valence-corrected chi connectivity index (χ1v) is 5.70. The van der Waals surface area contributed by atoms with E-state index in [2.05, 4.69) is 29.3 Å². The van der Waals surface area contributed by atoms with E-state index in [1.807, 2.05) is 24.3 Å². The Labute approximate surface area is 104 Å². The van der Waals surface area contributed by atoms with Crippen molar-refractivity contribution in [2.24, 2.45) is 0 Å². The van der Waals surface area contributed by atoms with Gasteiger partial charge in [-0.1, -0.05) is 29.8 Å². The van der Waals surface area contributed by atoms with Crippen LogP contribution in [0.1, 0.15) is 5.56 Å². The highest BCUT2D eigenvalue weighted by atomic mass is 16.3. The van der Waals surface area contributed by atoms with Gasteiger partial charge in [0.2, 0.25) is 0 Å². The molecule has 3 N–H and O–H groups in total. The van der Waals surface area contributed by atoms with Crippen LogP contribution in [0.25, 0.3) is 22.8 Å². The smallest absolute Gasteiger partial charge is 0.154 e. The molecular formula is C14H13N3O. The molecule has 2 aromatic heterocycles. The Bertz CT molecular complexity index is 664. The summed E-state index contributed by atoms with van der Waals surface area (Å²) in [6.45, 7) is 2.06. The molecule has 0 aliphatic rings. The number of aromatic amines is 1. The summed E-state index contributed by atoms with van der Waals surface area (Å²) < 4.78 is 5.78. The number of aryl methyl sites for hydroxylation is 1. The summed E-state index contributed by atoms with van der Waals surface area (Å²) in [4.78, 5) is 0. The van der Waals surface area contributed by atoms with Gasteiger partial charge in [0.1, 0.15) is 11.5 Å². The van der Waals surface area contributed by atoms with Gasteiger partial charge in [-0.25, -0.2) is 0 Å². The van der Waals surface area contributed by atoms with Gasteiger partial charge < -0.3 is 10.2 Å². The van der Waals surface area contributed by atoms with Crippen molar-refractivity contribution in [3.05, 3.63) is 48.2 Å². The predicted molar refractivity (Wildman–Crippen MR) is 70.9 cm³/mol. The molecule has 0 unspecified atom stereocenters. The topological polar surface area (TPSA) is 67.8 Å². The molecule has 90 valence electrons. The van der Waals surface area contributed by atoms with Gasteiger partial charge >= 0.3 is 0 Å².